The second-order valence-electron chi connectivity index (χ2n) is 4.89. The second-order valence-corrected chi connectivity index (χ2v) is 4.89. The van der Waals surface area contributed by atoms with Crippen molar-refractivity contribution in [2.45, 2.75) is 6.54 Å². The number of guanidine groups is 1. The lowest BCUT2D eigenvalue weighted by Crippen LogP contribution is -2.22. The summed E-state index contributed by atoms with van der Waals surface area (Å²) in [5, 5.41) is 12.8. The molecule has 0 aromatic heterocycles. The molecular formula is C17H21N3O4. The van der Waals surface area contributed by atoms with Crippen LogP contribution in [0.1, 0.15) is 5.56 Å². The third kappa shape index (κ3) is 4.22. The smallest absolute Gasteiger partial charge is 0.193 e. The molecule has 0 aliphatic heterocycles. The number of nitrogens with one attached hydrogen (secondary N) is 1. The maximum absolute atomic E-state index is 9.84. The Morgan fingerprint density at radius 2 is 1.79 bits per heavy atom. The molecule has 4 N–H and O–H groups in total. The maximum Gasteiger partial charge on any atom is 0.193 e. The lowest BCUT2D eigenvalue weighted by atomic mass is 10.2. The molecule has 0 aliphatic carbocycles. The first-order valence-corrected chi connectivity index (χ1v) is 7.22. The van der Waals surface area contributed by atoms with Crippen LogP contribution in [0.3, 0.4) is 0 Å². The van der Waals surface area contributed by atoms with E-state index in [0.717, 1.165) is 0 Å². The number of nitrogens with zero attached hydrogens (tertiary/aromatic N) is 1. The molecule has 2 rings (SSSR count). The largest absolute Gasteiger partial charge is 0.508 e. The van der Waals surface area contributed by atoms with Gasteiger partial charge in [0.25, 0.3) is 0 Å². The molecule has 0 fully saturated rings. The highest BCUT2D eigenvalue weighted by Crippen LogP contribution is 2.29. The summed E-state index contributed by atoms with van der Waals surface area (Å²) in [4.78, 5) is 4.22. The number of aliphatic imine (C=N–C) groups is 1. The van der Waals surface area contributed by atoms with Gasteiger partial charge in [-0.05, 0) is 30.3 Å². The molecule has 128 valence electrons. The van der Waals surface area contributed by atoms with E-state index in [4.69, 9.17) is 19.9 Å². The van der Waals surface area contributed by atoms with Crippen LogP contribution in [-0.4, -0.2) is 32.4 Å². The van der Waals surface area contributed by atoms with Crippen LogP contribution in [0, 0.1) is 0 Å². The van der Waals surface area contributed by atoms with Crippen LogP contribution < -0.4 is 25.3 Å². The summed E-state index contributed by atoms with van der Waals surface area (Å²) < 4.78 is 15.5. The van der Waals surface area contributed by atoms with Crippen molar-refractivity contribution in [2.75, 3.05) is 26.6 Å². The molecule has 2 aromatic rings. The van der Waals surface area contributed by atoms with E-state index in [1.54, 1.807) is 57.7 Å². The number of phenols is 1. The van der Waals surface area contributed by atoms with E-state index in [9.17, 15) is 5.11 Å². The number of ether oxygens (including phenoxy) is 3. The number of hydrogen-bond donors (Lipinski definition) is 3. The minimum absolute atomic E-state index is 0.137. The monoisotopic (exact) mass is 331 g/mol. The van der Waals surface area contributed by atoms with Crippen molar-refractivity contribution in [2.24, 2.45) is 10.7 Å². The minimum atomic E-state index is 0.137. The lowest BCUT2D eigenvalue weighted by molar-refractivity contribution is 0.355. The van der Waals surface area contributed by atoms with E-state index in [2.05, 4.69) is 10.3 Å². The topological polar surface area (TPSA) is 98.3 Å². The molecular weight excluding hydrogens is 310 g/mol. The van der Waals surface area contributed by atoms with E-state index in [-0.39, 0.29) is 18.3 Å². The van der Waals surface area contributed by atoms with Crippen LogP contribution in [0.4, 0.5) is 5.69 Å². The Kier molecular flexibility index (Phi) is 5.73. The average Bonchev–Trinajstić information content (AvgIpc) is 2.60. The van der Waals surface area contributed by atoms with Gasteiger partial charge in [0.15, 0.2) is 17.5 Å². The van der Waals surface area contributed by atoms with Crippen LogP contribution in [0.25, 0.3) is 0 Å². The zero-order chi connectivity index (χ0) is 17.5. The summed E-state index contributed by atoms with van der Waals surface area (Å²) >= 11 is 0. The molecule has 0 saturated carbocycles. The Bertz CT molecular complexity index is 732. The third-order valence-electron chi connectivity index (χ3n) is 3.36. The highest BCUT2D eigenvalue weighted by molar-refractivity contribution is 5.92. The summed E-state index contributed by atoms with van der Waals surface area (Å²) in [7, 11) is 4.69. The van der Waals surface area contributed by atoms with Crippen molar-refractivity contribution in [3.63, 3.8) is 0 Å². The van der Waals surface area contributed by atoms with Crippen LogP contribution in [0.15, 0.2) is 41.4 Å². The Balaban J connectivity index is 2.09. The van der Waals surface area contributed by atoms with Gasteiger partial charge in [-0.25, -0.2) is 4.99 Å². The van der Waals surface area contributed by atoms with Gasteiger partial charge in [0, 0.05) is 17.3 Å². The fourth-order valence-electron chi connectivity index (χ4n) is 2.09. The van der Waals surface area contributed by atoms with E-state index in [1.807, 2.05) is 0 Å². The number of hydrogen-bond acceptors (Lipinski definition) is 5. The quantitative estimate of drug-likeness (QED) is 0.555. The number of phenolic OH excluding ortho intramolecular Hbond substituents is 1. The van der Waals surface area contributed by atoms with Gasteiger partial charge >= 0.3 is 0 Å². The molecule has 2 aromatic carbocycles. The van der Waals surface area contributed by atoms with Crippen molar-refractivity contribution in [1.82, 2.24) is 0 Å². The van der Waals surface area contributed by atoms with Crippen LogP contribution >= 0.6 is 0 Å². The molecule has 0 aliphatic rings. The highest BCUT2D eigenvalue weighted by Gasteiger charge is 2.06. The summed E-state index contributed by atoms with van der Waals surface area (Å²) in [5.41, 5.74) is 7.22. The average molecular weight is 331 g/mol. The molecule has 0 spiro atoms. The summed E-state index contributed by atoms with van der Waals surface area (Å²) in [5.74, 6) is 2.20. The lowest BCUT2D eigenvalue weighted by Gasteiger charge is -2.11. The summed E-state index contributed by atoms with van der Waals surface area (Å²) in [6.07, 6.45) is 0. The van der Waals surface area contributed by atoms with Crippen molar-refractivity contribution in [1.29, 1.82) is 0 Å². The maximum atomic E-state index is 9.84. The number of benzene rings is 2. The molecule has 0 bridgehead atoms. The molecule has 24 heavy (non-hydrogen) atoms. The van der Waals surface area contributed by atoms with Crippen LogP contribution in [0.5, 0.6) is 23.0 Å². The Morgan fingerprint density at radius 3 is 2.46 bits per heavy atom. The minimum Gasteiger partial charge on any atom is -0.508 e. The Labute approximate surface area is 140 Å². The van der Waals surface area contributed by atoms with Crippen molar-refractivity contribution >= 4 is 11.6 Å². The normalized spacial score (nSPS) is 11.0. The standard InChI is InChI=1S/C17H21N3O4/c1-22-13-5-6-14(21)11(8-13)10-19-17(18)20-12-4-7-15(23-2)16(9-12)24-3/h4-9,21H,10H2,1-3H3,(H3,18,19,20). The summed E-state index contributed by atoms with van der Waals surface area (Å²) in [6, 6.07) is 10.3. The van der Waals surface area contributed by atoms with Gasteiger partial charge in [-0.15, -0.1) is 0 Å². The Morgan fingerprint density at radius 1 is 1.04 bits per heavy atom. The van der Waals surface area contributed by atoms with Gasteiger partial charge in [0.2, 0.25) is 0 Å². The molecule has 0 unspecified atom stereocenters. The fraction of sp³-hybridized carbons (Fsp3) is 0.235. The molecule has 7 heteroatoms. The molecule has 0 heterocycles. The Hall–Kier alpha value is -3.09. The van der Waals surface area contributed by atoms with Crippen molar-refractivity contribution < 1.29 is 19.3 Å². The predicted octanol–water partition coefficient (Wildman–Crippen LogP) is 2.34. The molecule has 7 nitrogen and oxygen atoms in total. The van der Waals surface area contributed by atoms with Gasteiger partial charge in [0.05, 0.1) is 27.9 Å². The van der Waals surface area contributed by atoms with Crippen LogP contribution in [0.2, 0.25) is 0 Å². The van der Waals surface area contributed by atoms with Gasteiger partial charge in [-0.1, -0.05) is 0 Å². The van der Waals surface area contributed by atoms with Gasteiger partial charge in [-0.3, -0.25) is 0 Å². The predicted molar refractivity (Wildman–Crippen MR) is 93.2 cm³/mol. The molecule has 0 atom stereocenters. The van der Waals surface area contributed by atoms with Crippen LogP contribution in [-0.2, 0) is 6.54 Å². The number of methoxy groups -OCH3 is 3. The van der Waals surface area contributed by atoms with Gasteiger partial charge < -0.3 is 30.4 Å². The van der Waals surface area contributed by atoms with E-state index >= 15 is 0 Å². The zero-order valence-electron chi connectivity index (χ0n) is 13.9. The summed E-state index contributed by atoms with van der Waals surface area (Å²) in [6.45, 7) is 0.217. The van der Waals surface area contributed by atoms with Crippen molar-refractivity contribution in [3.8, 4) is 23.0 Å². The van der Waals surface area contributed by atoms with E-state index in [0.29, 0.717) is 28.5 Å². The number of nitrogens with two attached hydrogens (primary N) is 1. The fourth-order valence-corrected chi connectivity index (χ4v) is 2.09. The first kappa shape index (κ1) is 17.3. The van der Waals surface area contributed by atoms with Crippen molar-refractivity contribution in [3.05, 3.63) is 42.0 Å². The highest BCUT2D eigenvalue weighted by atomic mass is 16.5. The second kappa shape index (κ2) is 7.96. The van der Waals surface area contributed by atoms with Gasteiger partial charge in [-0.2, -0.15) is 0 Å². The first-order valence-electron chi connectivity index (χ1n) is 7.22. The first-order chi connectivity index (χ1) is 11.6. The SMILES string of the molecule is COc1ccc(O)c(CN=C(N)Nc2ccc(OC)c(OC)c2)c1. The zero-order valence-corrected chi connectivity index (χ0v) is 13.9. The molecule has 0 saturated heterocycles. The number of rotatable bonds is 6. The molecule has 0 amide bonds. The number of aromatic hydroxyl groups is 1. The van der Waals surface area contributed by atoms with Gasteiger partial charge in [0.1, 0.15) is 11.5 Å². The number of anilines is 1. The van der Waals surface area contributed by atoms with E-state index < -0.39 is 0 Å². The van der Waals surface area contributed by atoms with E-state index in [1.165, 1.54) is 0 Å². The third-order valence-corrected chi connectivity index (χ3v) is 3.36. The molecule has 0 radical (unpaired) electrons.